The molecule has 0 radical (unpaired) electrons. The molecule has 0 saturated heterocycles. The third-order valence-corrected chi connectivity index (χ3v) is 25.7. The van der Waals surface area contributed by atoms with Gasteiger partial charge >= 0.3 is 121 Å². The number of rotatable bonds is 8. The van der Waals surface area contributed by atoms with Gasteiger partial charge in [-0.2, -0.15) is 0 Å². The third-order valence-electron chi connectivity index (χ3n) is 5.56. The summed E-state index contributed by atoms with van der Waals surface area (Å²) < 4.78 is 5.73. The van der Waals surface area contributed by atoms with E-state index in [0.29, 0.717) is 0 Å². The standard InChI is InChI=1S/C6H11.2C4H9.C3H7.Sn/c1-2-4-6-5-3-1;2*1-3-4-2;1-3-2;/h1H,2-6H2;2*1,3-4H2,2H3;3H,1-2H3;. The van der Waals surface area contributed by atoms with E-state index in [2.05, 4.69) is 27.7 Å². The van der Waals surface area contributed by atoms with E-state index in [4.69, 9.17) is 0 Å². The summed E-state index contributed by atoms with van der Waals surface area (Å²) >= 11 is -1.88. The second-order valence-corrected chi connectivity index (χ2v) is 22.4. The Labute approximate surface area is 120 Å². The normalized spacial score (nSPS) is 18.5. The second-order valence-electron chi connectivity index (χ2n) is 6.93. The molecule has 18 heavy (non-hydrogen) atoms. The van der Waals surface area contributed by atoms with Gasteiger partial charge in [0.25, 0.3) is 0 Å². The summed E-state index contributed by atoms with van der Waals surface area (Å²) in [4.78, 5) is 0. The van der Waals surface area contributed by atoms with E-state index < -0.39 is 18.4 Å². The monoisotopic (exact) mass is 360 g/mol. The van der Waals surface area contributed by atoms with Gasteiger partial charge in [0.15, 0.2) is 0 Å². The van der Waals surface area contributed by atoms with E-state index in [1.54, 1.807) is 34.6 Å². The van der Waals surface area contributed by atoms with Gasteiger partial charge in [0.2, 0.25) is 0 Å². The first-order chi connectivity index (χ1) is 8.67. The Morgan fingerprint density at radius 2 is 1.39 bits per heavy atom. The van der Waals surface area contributed by atoms with Gasteiger partial charge in [-0.3, -0.25) is 0 Å². The van der Waals surface area contributed by atoms with Crippen molar-refractivity contribution < 1.29 is 0 Å². The van der Waals surface area contributed by atoms with Crippen molar-refractivity contribution in [3.8, 4) is 0 Å². The van der Waals surface area contributed by atoms with Gasteiger partial charge in [-0.05, 0) is 0 Å². The minimum absolute atomic E-state index is 1.08. The zero-order valence-corrected chi connectivity index (χ0v) is 16.3. The molecule has 0 heterocycles. The van der Waals surface area contributed by atoms with Gasteiger partial charge in [0.1, 0.15) is 0 Å². The number of unbranched alkanes of at least 4 members (excludes halogenated alkanes) is 2. The van der Waals surface area contributed by atoms with Crippen LogP contribution in [-0.4, -0.2) is 18.4 Å². The van der Waals surface area contributed by atoms with Crippen LogP contribution < -0.4 is 0 Å². The molecule has 0 nitrogen and oxygen atoms in total. The summed E-state index contributed by atoms with van der Waals surface area (Å²) in [5.41, 5.74) is 0. The first-order valence-corrected chi connectivity index (χ1v) is 16.0. The Kier molecular flexibility index (Phi) is 8.30. The van der Waals surface area contributed by atoms with Crippen LogP contribution in [0.2, 0.25) is 16.7 Å². The Morgan fingerprint density at radius 1 is 0.889 bits per heavy atom. The van der Waals surface area contributed by atoms with Gasteiger partial charge < -0.3 is 0 Å². The second kappa shape index (κ2) is 8.87. The van der Waals surface area contributed by atoms with Crippen LogP contribution in [0.3, 0.4) is 0 Å². The fourth-order valence-corrected chi connectivity index (χ4v) is 23.5. The molecule has 0 bridgehead atoms. The summed E-state index contributed by atoms with van der Waals surface area (Å²) in [5, 5.41) is 0. The van der Waals surface area contributed by atoms with E-state index in [0.717, 1.165) is 3.93 Å². The molecule has 0 aliphatic heterocycles. The van der Waals surface area contributed by atoms with Crippen molar-refractivity contribution >= 4 is 18.4 Å². The molecular formula is C17H36Sn. The van der Waals surface area contributed by atoms with Gasteiger partial charge in [-0.1, -0.05) is 0 Å². The van der Waals surface area contributed by atoms with Crippen LogP contribution in [0.25, 0.3) is 0 Å². The maximum atomic E-state index is 2.59. The van der Waals surface area contributed by atoms with Crippen molar-refractivity contribution in [2.45, 2.75) is 102 Å². The SMILES string of the molecule is CCC[CH2][Sn]([CH2]CCC)([CH](C)C)[CH]1CCCCC1. The average molecular weight is 359 g/mol. The van der Waals surface area contributed by atoms with Crippen molar-refractivity contribution in [3.05, 3.63) is 0 Å². The summed E-state index contributed by atoms with van der Waals surface area (Å²) in [6.07, 6.45) is 13.8. The molecule has 0 unspecified atom stereocenters. The van der Waals surface area contributed by atoms with E-state index in [1.165, 1.54) is 36.0 Å². The molecule has 0 aromatic rings. The number of hydrogen-bond donors (Lipinski definition) is 0. The first-order valence-electron chi connectivity index (χ1n) is 8.67. The summed E-state index contributed by atoms with van der Waals surface area (Å²) in [5.74, 6) is 0. The van der Waals surface area contributed by atoms with E-state index in [1.807, 2.05) is 0 Å². The Morgan fingerprint density at radius 3 is 1.78 bits per heavy atom. The number of hydrogen-bond acceptors (Lipinski definition) is 0. The Bertz CT molecular complexity index is 196. The van der Waals surface area contributed by atoms with Gasteiger partial charge in [-0.15, -0.1) is 0 Å². The van der Waals surface area contributed by atoms with Gasteiger partial charge in [0, 0.05) is 0 Å². The van der Waals surface area contributed by atoms with E-state index >= 15 is 0 Å². The molecule has 0 aromatic heterocycles. The van der Waals surface area contributed by atoms with Crippen LogP contribution >= 0.6 is 0 Å². The average Bonchev–Trinajstić information content (AvgIpc) is 2.40. The fraction of sp³-hybridized carbons (Fsp3) is 1.00. The quantitative estimate of drug-likeness (QED) is 0.419. The maximum absolute atomic E-state index is 2.59. The van der Waals surface area contributed by atoms with Crippen LogP contribution in [0.1, 0.15) is 85.5 Å². The van der Waals surface area contributed by atoms with Gasteiger partial charge in [0.05, 0.1) is 0 Å². The van der Waals surface area contributed by atoms with Crippen molar-refractivity contribution in [1.82, 2.24) is 0 Å². The minimum atomic E-state index is -1.88. The van der Waals surface area contributed by atoms with Crippen LogP contribution in [0.5, 0.6) is 0 Å². The Balaban J connectivity index is 2.78. The molecule has 1 fully saturated rings. The zero-order chi connectivity index (χ0) is 13.4. The molecule has 1 rings (SSSR count). The van der Waals surface area contributed by atoms with Gasteiger partial charge in [-0.25, -0.2) is 0 Å². The molecule has 0 N–H and O–H groups in total. The van der Waals surface area contributed by atoms with Crippen molar-refractivity contribution in [3.63, 3.8) is 0 Å². The molecule has 1 heteroatoms. The van der Waals surface area contributed by atoms with Crippen LogP contribution in [-0.2, 0) is 0 Å². The molecule has 1 aliphatic rings. The van der Waals surface area contributed by atoms with E-state index in [9.17, 15) is 0 Å². The first kappa shape index (κ1) is 16.9. The topological polar surface area (TPSA) is 0 Å². The molecule has 1 aliphatic carbocycles. The predicted molar refractivity (Wildman–Crippen MR) is 87.1 cm³/mol. The summed E-state index contributed by atoms with van der Waals surface area (Å²) in [7, 11) is 0. The van der Waals surface area contributed by atoms with Crippen LogP contribution in [0, 0.1) is 0 Å². The van der Waals surface area contributed by atoms with E-state index in [-0.39, 0.29) is 0 Å². The van der Waals surface area contributed by atoms with Crippen molar-refractivity contribution in [1.29, 1.82) is 0 Å². The fourth-order valence-electron chi connectivity index (χ4n) is 4.27. The molecule has 0 atom stereocenters. The molecule has 108 valence electrons. The molecule has 0 aromatic carbocycles. The molecular weight excluding hydrogens is 323 g/mol. The zero-order valence-electron chi connectivity index (χ0n) is 13.4. The summed E-state index contributed by atoms with van der Waals surface area (Å²) in [6.45, 7) is 9.96. The molecule has 1 saturated carbocycles. The van der Waals surface area contributed by atoms with Crippen LogP contribution in [0.4, 0.5) is 0 Å². The predicted octanol–water partition coefficient (Wildman–Crippen LogP) is 6.78. The Hall–Kier alpha value is 0.799. The van der Waals surface area contributed by atoms with Crippen molar-refractivity contribution in [2.75, 3.05) is 0 Å². The van der Waals surface area contributed by atoms with Crippen molar-refractivity contribution in [2.24, 2.45) is 0 Å². The molecule has 0 amide bonds. The summed E-state index contributed by atoms with van der Waals surface area (Å²) in [6, 6.07) is 0. The molecule has 0 spiro atoms. The third kappa shape index (κ3) is 4.42. The van der Waals surface area contributed by atoms with Crippen LogP contribution in [0.15, 0.2) is 0 Å².